The van der Waals surface area contributed by atoms with Crippen molar-refractivity contribution < 1.29 is 27.5 Å². The van der Waals surface area contributed by atoms with Crippen LogP contribution in [0.2, 0.25) is 0 Å². The molecule has 2 amide bonds. The number of benzene rings is 1. The maximum absolute atomic E-state index is 12.1. The molecule has 140 valence electrons. The second kappa shape index (κ2) is 8.70. The average molecular weight is 386 g/mol. The summed E-state index contributed by atoms with van der Waals surface area (Å²) in [6.45, 7) is 1.53. The lowest BCUT2D eigenvalue weighted by Gasteiger charge is -2.16. The van der Waals surface area contributed by atoms with Gasteiger partial charge in [0.1, 0.15) is 5.75 Å². The number of hydrogen-bond acceptors (Lipinski definition) is 4. The van der Waals surface area contributed by atoms with Gasteiger partial charge >= 0.3 is 6.36 Å². The van der Waals surface area contributed by atoms with Gasteiger partial charge < -0.3 is 15.4 Å². The summed E-state index contributed by atoms with van der Waals surface area (Å²) in [5.41, 5.74) is 0.625. The molecule has 5 nitrogen and oxygen atoms in total. The van der Waals surface area contributed by atoms with Crippen LogP contribution in [0, 0.1) is 0 Å². The number of thiophene rings is 1. The highest BCUT2D eigenvalue weighted by molar-refractivity contribution is 7.10. The van der Waals surface area contributed by atoms with Crippen molar-refractivity contribution in [3.05, 3.63) is 52.2 Å². The first-order valence-corrected chi connectivity index (χ1v) is 8.53. The molecule has 9 heteroatoms. The van der Waals surface area contributed by atoms with E-state index in [0.29, 0.717) is 5.56 Å². The van der Waals surface area contributed by atoms with Crippen molar-refractivity contribution in [3.63, 3.8) is 0 Å². The second-order valence-electron chi connectivity index (χ2n) is 5.44. The van der Waals surface area contributed by atoms with Gasteiger partial charge in [-0.3, -0.25) is 9.59 Å². The fraction of sp³-hybridized carbons (Fsp3) is 0.294. The van der Waals surface area contributed by atoms with E-state index in [0.717, 1.165) is 4.88 Å². The standard InChI is InChI=1S/C17H17F3N2O3S/c1-11(23)22-14(15-3-2-8-26-15)9-16(24)21-10-12-4-6-13(7-5-12)25-17(18,19)20/h2-8,14H,9-10H2,1H3,(H,21,24)(H,22,23). The summed E-state index contributed by atoms with van der Waals surface area (Å²) in [6.07, 6.45) is -4.67. The van der Waals surface area contributed by atoms with Gasteiger partial charge in [-0.2, -0.15) is 0 Å². The molecule has 1 heterocycles. The van der Waals surface area contributed by atoms with Gasteiger partial charge in [0.15, 0.2) is 0 Å². The normalized spacial score (nSPS) is 12.3. The molecule has 0 aliphatic rings. The highest BCUT2D eigenvalue weighted by Crippen LogP contribution is 2.23. The van der Waals surface area contributed by atoms with Crippen LogP contribution in [-0.4, -0.2) is 18.2 Å². The second-order valence-corrected chi connectivity index (χ2v) is 6.42. The minimum absolute atomic E-state index is 0.0648. The maximum Gasteiger partial charge on any atom is 0.573 e. The van der Waals surface area contributed by atoms with Crippen LogP contribution in [0.4, 0.5) is 13.2 Å². The zero-order chi connectivity index (χ0) is 19.2. The Labute approximate surface area is 152 Å². The summed E-state index contributed by atoms with van der Waals surface area (Å²) in [6, 6.07) is 8.48. The number of hydrogen-bond donors (Lipinski definition) is 2. The van der Waals surface area contributed by atoms with E-state index in [9.17, 15) is 22.8 Å². The molecule has 2 N–H and O–H groups in total. The predicted molar refractivity (Wildman–Crippen MR) is 90.5 cm³/mol. The highest BCUT2D eigenvalue weighted by atomic mass is 32.1. The Morgan fingerprint density at radius 2 is 1.88 bits per heavy atom. The van der Waals surface area contributed by atoms with Crippen LogP contribution < -0.4 is 15.4 Å². The number of carbonyl (C=O) groups is 2. The number of alkyl halides is 3. The molecule has 26 heavy (non-hydrogen) atoms. The monoisotopic (exact) mass is 386 g/mol. The molecule has 0 fully saturated rings. The molecule has 1 atom stereocenters. The molecular weight excluding hydrogens is 369 g/mol. The van der Waals surface area contributed by atoms with Crippen molar-refractivity contribution >= 4 is 23.2 Å². The molecule has 0 spiro atoms. The molecule has 0 aliphatic carbocycles. The fourth-order valence-corrected chi connectivity index (χ4v) is 3.00. The highest BCUT2D eigenvalue weighted by Gasteiger charge is 2.30. The van der Waals surface area contributed by atoms with Crippen LogP contribution in [-0.2, 0) is 16.1 Å². The molecule has 2 aromatic rings. The van der Waals surface area contributed by atoms with Crippen molar-refractivity contribution in [1.29, 1.82) is 0 Å². The zero-order valence-electron chi connectivity index (χ0n) is 13.8. The van der Waals surface area contributed by atoms with Crippen LogP contribution in [0.5, 0.6) is 5.75 Å². The van der Waals surface area contributed by atoms with Crippen LogP contribution >= 0.6 is 11.3 Å². The quantitative estimate of drug-likeness (QED) is 0.765. The van der Waals surface area contributed by atoms with E-state index >= 15 is 0 Å². The first-order valence-electron chi connectivity index (χ1n) is 7.65. The van der Waals surface area contributed by atoms with E-state index in [4.69, 9.17) is 0 Å². The topological polar surface area (TPSA) is 67.4 Å². The summed E-state index contributed by atoms with van der Waals surface area (Å²) in [7, 11) is 0. The Bertz CT molecular complexity index is 731. The Kier molecular flexibility index (Phi) is 6.62. The third kappa shape index (κ3) is 6.75. The van der Waals surface area contributed by atoms with Crippen LogP contribution in [0.1, 0.15) is 29.8 Å². The summed E-state index contributed by atoms with van der Waals surface area (Å²) < 4.78 is 40.1. The first kappa shape index (κ1) is 19.8. The van der Waals surface area contributed by atoms with Crippen LogP contribution in [0.25, 0.3) is 0 Å². The van der Waals surface area contributed by atoms with Crippen molar-refractivity contribution in [2.24, 2.45) is 0 Å². The van der Waals surface area contributed by atoms with Gasteiger partial charge in [-0.25, -0.2) is 0 Å². The lowest BCUT2D eigenvalue weighted by Crippen LogP contribution is -2.32. The van der Waals surface area contributed by atoms with Gasteiger partial charge in [-0.05, 0) is 29.1 Å². The van der Waals surface area contributed by atoms with Gasteiger partial charge in [0, 0.05) is 18.3 Å². The van der Waals surface area contributed by atoms with E-state index < -0.39 is 12.4 Å². The third-order valence-corrected chi connectivity index (χ3v) is 4.29. The van der Waals surface area contributed by atoms with Gasteiger partial charge in [0.2, 0.25) is 11.8 Å². The first-order chi connectivity index (χ1) is 12.2. The molecule has 0 saturated carbocycles. The minimum Gasteiger partial charge on any atom is -0.406 e. The molecule has 2 rings (SSSR count). The molecule has 0 radical (unpaired) electrons. The maximum atomic E-state index is 12.1. The fourth-order valence-electron chi connectivity index (χ4n) is 2.22. The molecule has 1 aromatic carbocycles. The summed E-state index contributed by atoms with van der Waals surface area (Å²) in [5.74, 6) is -0.847. The van der Waals surface area contributed by atoms with E-state index in [1.165, 1.54) is 42.5 Å². The Hall–Kier alpha value is -2.55. The van der Waals surface area contributed by atoms with Crippen molar-refractivity contribution in [3.8, 4) is 5.75 Å². The molecular formula is C17H17F3N2O3S. The summed E-state index contributed by atoms with van der Waals surface area (Å²) in [4.78, 5) is 24.3. The SMILES string of the molecule is CC(=O)NC(CC(=O)NCc1ccc(OC(F)(F)F)cc1)c1cccs1. The molecule has 0 aliphatic heterocycles. The number of amides is 2. The van der Waals surface area contributed by atoms with Crippen molar-refractivity contribution in [2.45, 2.75) is 32.3 Å². The van der Waals surface area contributed by atoms with Crippen LogP contribution in [0.15, 0.2) is 41.8 Å². The molecule has 1 unspecified atom stereocenters. The number of halogens is 3. The van der Waals surface area contributed by atoms with Crippen molar-refractivity contribution in [1.82, 2.24) is 10.6 Å². The molecule has 0 saturated heterocycles. The summed E-state index contributed by atoms with van der Waals surface area (Å²) >= 11 is 1.43. The Morgan fingerprint density at radius 1 is 1.19 bits per heavy atom. The Morgan fingerprint density at radius 3 is 2.42 bits per heavy atom. The number of carbonyl (C=O) groups excluding carboxylic acids is 2. The lowest BCUT2D eigenvalue weighted by atomic mass is 10.1. The van der Waals surface area contributed by atoms with Gasteiger partial charge in [0.05, 0.1) is 12.5 Å². The van der Waals surface area contributed by atoms with E-state index in [-0.39, 0.29) is 30.5 Å². The van der Waals surface area contributed by atoms with Crippen LogP contribution in [0.3, 0.4) is 0 Å². The largest absolute Gasteiger partial charge is 0.573 e. The summed E-state index contributed by atoms with van der Waals surface area (Å²) in [5, 5.41) is 7.27. The smallest absolute Gasteiger partial charge is 0.406 e. The number of rotatable bonds is 7. The lowest BCUT2D eigenvalue weighted by molar-refractivity contribution is -0.274. The number of nitrogens with one attached hydrogen (secondary N) is 2. The van der Waals surface area contributed by atoms with E-state index in [1.54, 1.807) is 0 Å². The average Bonchev–Trinajstić information content (AvgIpc) is 3.06. The Balaban J connectivity index is 1.88. The van der Waals surface area contributed by atoms with E-state index in [1.807, 2.05) is 17.5 Å². The number of ether oxygens (including phenoxy) is 1. The predicted octanol–water partition coefficient (Wildman–Crippen LogP) is 3.53. The van der Waals surface area contributed by atoms with Gasteiger partial charge in [-0.15, -0.1) is 24.5 Å². The molecule has 0 bridgehead atoms. The zero-order valence-corrected chi connectivity index (χ0v) is 14.6. The third-order valence-electron chi connectivity index (χ3n) is 3.30. The van der Waals surface area contributed by atoms with E-state index in [2.05, 4.69) is 15.4 Å². The van der Waals surface area contributed by atoms with Crippen molar-refractivity contribution in [2.75, 3.05) is 0 Å². The molecule has 1 aromatic heterocycles. The van der Waals surface area contributed by atoms with Gasteiger partial charge in [-0.1, -0.05) is 18.2 Å². The minimum atomic E-state index is -4.74. The van der Waals surface area contributed by atoms with Gasteiger partial charge in [0.25, 0.3) is 0 Å².